The predicted octanol–water partition coefficient (Wildman–Crippen LogP) is 2.78. The first-order valence-corrected chi connectivity index (χ1v) is 10.9. The Kier molecular flexibility index (Phi) is 6.13. The largest absolute Gasteiger partial charge is 0.477 e. The zero-order valence-corrected chi connectivity index (χ0v) is 18.3. The highest BCUT2D eigenvalue weighted by Crippen LogP contribution is 2.33. The molecule has 0 fully saturated rings. The number of aromatic nitrogens is 4. The summed E-state index contributed by atoms with van der Waals surface area (Å²) in [6, 6.07) is 1.97. The number of fused-ring (bicyclic) bond motifs is 1. The summed E-state index contributed by atoms with van der Waals surface area (Å²) in [6.45, 7) is 2.85. The van der Waals surface area contributed by atoms with Crippen LogP contribution in [0.2, 0.25) is 0 Å². The summed E-state index contributed by atoms with van der Waals surface area (Å²) in [5, 5.41) is 0. The van der Waals surface area contributed by atoms with Crippen molar-refractivity contribution in [3.63, 3.8) is 0 Å². The van der Waals surface area contributed by atoms with E-state index in [2.05, 4.69) is 19.7 Å². The maximum Gasteiger partial charge on any atom is 0.433 e. The Morgan fingerprint density at radius 3 is 2.50 bits per heavy atom. The van der Waals surface area contributed by atoms with Crippen LogP contribution in [0.3, 0.4) is 0 Å². The molecule has 3 heterocycles. The summed E-state index contributed by atoms with van der Waals surface area (Å²) in [6.07, 6.45) is -3.47. The second-order valence-corrected chi connectivity index (χ2v) is 9.00. The third kappa shape index (κ3) is 4.38. The molecule has 1 unspecified atom stereocenters. The van der Waals surface area contributed by atoms with Gasteiger partial charge in [-0.3, -0.25) is 0 Å². The van der Waals surface area contributed by atoms with Gasteiger partial charge in [0.15, 0.2) is 21.8 Å². The number of imidazole rings is 1. The fourth-order valence-corrected chi connectivity index (χ4v) is 3.97. The molecule has 0 bridgehead atoms. The molecule has 0 saturated heterocycles. The van der Waals surface area contributed by atoms with Crippen LogP contribution in [-0.2, 0) is 32.6 Å². The number of pyridine rings is 2. The fourth-order valence-electron chi connectivity index (χ4n) is 2.93. The minimum absolute atomic E-state index is 0.00142. The minimum atomic E-state index is -4.66. The SMILES string of the molecule is CCS(=O)(=O)c1cc(OC(C)C(=O)OC)cnc1-c1nc2cc(C(F)(F)F)ncc2n1C. The van der Waals surface area contributed by atoms with E-state index in [0.717, 1.165) is 12.3 Å². The predicted molar refractivity (Wildman–Crippen MR) is 107 cm³/mol. The molecule has 0 aliphatic rings. The van der Waals surface area contributed by atoms with Gasteiger partial charge in [-0.15, -0.1) is 0 Å². The highest BCUT2D eigenvalue weighted by Gasteiger charge is 2.33. The van der Waals surface area contributed by atoms with Gasteiger partial charge in [0, 0.05) is 13.1 Å². The molecule has 3 aromatic rings. The average molecular weight is 472 g/mol. The lowest BCUT2D eigenvalue weighted by Crippen LogP contribution is -2.25. The van der Waals surface area contributed by atoms with Gasteiger partial charge in [0.2, 0.25) is 0 Å². The molecule has 0 radical (unpaired) electrons. The maximum atomic E-state index is 13.0. The van der Waals surface area contributed by atoms with Crippen molar-refractivity contribution >= 4 is 26.8 Å². The maximum absolute atomic E-state index is 13.0. The molecule has 0 saturated carbocycles. The van der Waals surface area contributed by atoms with Crippen LogP contribution in [0, 0.1) is 0 Å². The van der Waals surface area contributed by atoms with Crippen molar-refractivity contribution < 1.29 is 35.9 Å². The Balaban J connectivity index is 2.17. The number of carbonyl (C=O) groups is 1. The van der Waals surface area contributed by atoms with Gasteiger partial charge < -0.3 is 14.0 Å². The zero-order valence-electron chi connectivity index (χ0n) is 17.5. The van der Waals surface area contributed by atoms with Crippen LogP contribution in [0.4, 0.5) is 13.2 Å². The molecule has 1 atom stereocenters. The average Bonchev–Trinajstić information content (AvgIpc) is 3.08. The number of nitrogens with zero attached hydrogens (tertiary/aromatic N) is 4. The van der Waals surface area contributed by atoms with Gasteiger partial charge in [-0.2, -0.15) is 13.2 Å². The van der Waals surface area contributed by atoms with E-state index in [4.69, 9.17) is 4.74 Å². The Morgan fingerprint density at radius 1 is 1.22 bits per heavy atom. The van der Waals surface area contributed by atoms with Crippen LogP contribution in [0.5, 0.6) is 5.75 Å². The number of hydrogen-bond acceptors (Lipinski definition) is 8. The highest BCUT2D eigenvalue weighted by atomic mass is 32.2. The van der Waals surface area contributed by atoms with Crippen molar-refractivity contribution in [3.8, 4) is 17.3 Å². The van der Waals surface area contributed by atoms with Crippen LogP contribution in [-0.4, -0.2) is 52.9 Å². The first-order chi connectivity index (χ1) is 14.9. The van der Waals surface area contributed by atoms with Crippen LogP contribution in [0.25, 0.3) is 22.6 Å². The van der Waals surface area contributed by atoms with Gasteiger partial charge >= 0.3 is 12.1 Å². The lowest BCUT2D eigenvalue weighted by molar-refractivity contribution is -0.148. The van der Waals surface area contributed by atoms with Crippen LogP contribution < -0.4 is 4.74 Å². The summed E-state index contributed by atoms with van der Waals surface area (Å²) in [4.78, 5) is 23.1. The van der Waals surface area contributed by atoms with E-state index in [1.165, 1.54) is 44.8 Å². The van der Waals surface area contributed by atoms with Gasteiger partial charge in [0.25, 0.3) is 0 Å². The monoisotopic (exact) mass is 472 g/mol. The molecule has 9 nitrogen and oxygen atoms in total. The number of ether oxygens (including phenoxy) is 2. The van der Waals surface area contributed by atoms with Crippen molar-refractivity contribution in [2.24, 2.45) is 7.05 Å². The number of rotatable bonds is 6. The molecule has 13 heteroatoms. The third-order valence-corrected chi connectivity index (χ3v) is 6.40. The standard InChI is InChI=1S/C19H19F3N4O5S/c1-5-32(28,29)14-6-11(31-10(2)18(27)30-4)8-24-16(14)17-25-12-7-15(19(20,21)22)23-9-13(12)26(17)3/h6-10H,5H2,1-4H3. The number of aryl methyl sites for hydroxylation is 1. The second kappa shape index (κ2) is 8.37. The number of methoxy groups -OCH3 is 1. The van der Waals surface area contributed by atoms with Gasteiger partial charge in [-0.25, -0.2) is 28.2 Å². The van der Waals surface area contributed by atoms with Crippen LogP contribution in [0.15, 0.2) is 29.4 Å². The molecular weight excluding hydrogens is 453 g/mol. The molecule has 0 N–H and O–H groups in total. The Morgan fingerprint density at radius 2 is 1.91 bits per heavy atom. The van der Waals surface area contributed by atoms with Crippen molar-refractivity contribution in [2.45, 2.75) is 31.0 Å². The van der Waals surface area contributed by atoms with Gasteiger partial charge in [-0.1, -0.05) is 6.92 Å². The van der Waals surface area contributed by atoms with E-state index < -0.39 is 33.8 Å². The molecule has 32 heavy (non-hydrogen) atoms. The topological polar surface area (TPSA) is 113 Å². The van der Waals surface area contributed by atoms with Crippen molar-refractivity contribution in [1.82, 2.24) is 19.5 Å². The molecule has 0 aromatic carbocycles. The van der Waals surface area contributed by atoms with E-state index in [-0.39, 0.29) is 38.9 Å². The van der Waals surface area contributed by atoms with E-state index in [0.29, 0.717) is 0 Å². The fraction of sp³-hybridized carbons (Fsp3) is 0.368. The number of hydrogen-bond donors (Lipinski definition) is 0. The number of alkyl halides is 3. The molecule has 0 aliphatic carbocycles. The van der Waals surface area contributed by atoms with Crippen molar-refractivity contribution in [3.05, 3.63) is 30.2 Å². The quantitative estimate of drug-likeness (QED) is 0.504. The minimum Gasteiger partial charge on any atom is -0.477 e. The number of carbonyl (C=O) groups excluding carboxylic acids is 1. The lowest BCUT2D eigenvalue weighted by atomic mass is 10.3. The Labute approximate surface area is 181 Å². The van der Waals surface area contributed by atoms with Crippen LogP contribution >= 0.6 is 0 Å². The third-order valence-electron chi connectivity index (χ3n) is 4.66. The van der Waals surface area contributed by atoms with E-state index in [1.54, 1.807) is 0 Å². The number of sulfone groups is 1. The summed E-state index contributed by atoms with van der Waals surface area (Å²) in [5.41, 5.74) is -0.956. The van der Waals surface area contributed by atoms with Crippen molar-refractivity contribution in [2.75, 3.05) is 12.9 Å². The molecular formula is C19H19F3N4O5S. The van der Waals surface area contributed by atoms with E-state index in [9.17, 15) is 26.4 Å². The molecule has 0 amide bonds. The van der Waals surface area contributed by atoms with E-state index >= 15 is 0 Å². The molecule has 172 valence electrons. The van der Waals surface area contributed by atoms with Gasteiger partial charge in [-0.05, 0) is 13.0 Å². The molecule has 0 aliphatic heterocycles. The first kappa shape index (κ1) is 23.4. The number of esters is 1. The first-order valence-electron chi connectivity index (χ1n) is 9.26. The molecule has 3 aromatic heterocycles. The van der Waals surface area contributed by atoms with Gasteiger partial charge in [0.05, 0.1) is 36.3 Å². The lowest BCUT2D eigenvalue weighted by Gasteiger charge is -2.15. The summed E-state index contributed by atoms with van der Waals surface area (Å²) < 4.78 is 75.9. The Hall–Kier alpha value is -3.22. The summed E-state index contributed by atoms with van der Waals surface area (Å²) >= 11 is 0. The summed E-state index contributed by atoms with van der Waals surface area (Å²) in [5.74, 6) is -0.919. The second-order valence-electron chi connectivity index (χ2n) is 6.75. The highest BCUT2D eigenvalue weighted by molar-refractivity contribution is 7.91. The normalized spacial score (nSPS) is 13.2. The smallest absolute Gasteiger partial charge is 0.433 e. The molecule has 0 spiro atoms. The zero-order chi connectivity index (χ0) is 23.8. The number of halogens is 3. The Bertz CT molecular complexity index is 1290. The van der Waals surface area contributed by atoms with Gasteiger partial charge in [0.1, 0.15) is 22.0 Å². The van der Waals surface area contributed by atoms with Crippen LogP contribution in [0.1, 0.15) is 19.5 Å². The van der Waals surface area contributed by atoms with Crippen molar-refractivity contribution in [1.29, 1.82) is 0 Å². The molecule has 3 rings (SSSR count). The van der Waals surface area contributed by atoms with E-state index in [1.807, 2.05) is 0 Å². The summed E-state index contributed by atoms with van der Waals surface area (Å²) in [7, 11) is -1.17.